The number of halogens is 1. The largest absolute Gasteiger partial charge is 0.355 e. The van der Waals surface area contributed by atoms with Gasteiger partial charge in [-0.3, -0.25) is 0 Å². The minimum absolute atomic E-state index is 0.402. The first-order chi connectivity index (χ1) is 19.2. The van der Waals surface area contributed by atoms with Crippen molar-refractivity contribution >= 4 is 27.3 Å². The molecular formula is C37H26BrN. The number of benzene rings is 6. The molecule has 39 heavy (non-hydrogen) atoms. The van der Waals surface area contributed by atoms with Crippen molar-refractivity contribution in [1.29, 1.82) is 0 Å². The van der Waals surface area contributed by atoms with Crippen molar-refractivity contribution in [3.05, 3.63) is 178 Å². The average molecular weight is 565 g/mol. The molecule has 0 unspecified atom stereocenters. The Balaban J connectivity index is 1.41. The summed E-state index contributed by atoms with van der Waals surface area (Å²) in [4.78, 5) is 0. The SMILES string of the molecule is Brc1ccc(Nc2ccc3c(c2)C(c2ccccc2)(c2ccccc2)c2ccccc2-3)cc1-c1ccccc1. The quantitative estimate of drug-likeness (QED) is 0.219. The third-order valence-corrected chi connectivity index (χ3v) is 8.49. The van der Waals surface area contributed by atoms with Crippen LogP contribution in [0.4, 0.5) is 11.4 Å². The summed E-state index contributed by atoms with van der Waals surface area (Å²) in [6.07, 6.45) is 0. The normalized spacial score (nSPS) is 12.9. The van der Waals surface area contributed by atoms with Gasteiger partial charge in [0.05, 0.1) is 5.41 Å². The van der Waals surface area contributed by atoms with E-state index in [0.717, 1.165) is 21.4 Å². The molecule has 7 rings (SSSR count). The number of hydrogen-bond donors (Lipinski definition) is 1. The predicted octanol–water partition coefficient (Wildman–Crippen LogP) is 10.2. The van der Waals surface area contributed by atoms with E-state index >= 15 is 0 Å². The number of hydrogen-bond acceptors (Lipinski definition) is 1. The first-order valence-electron chi connectivity index (χ1n) is 13.2. The van der Waals surface area contributed by atoms with E-state index in [4.69, 9.17) is 0 Å². The Morgan fingerprint density at radius 2 is 0.974 bits per heavy atom. The summed E-state index contributed by atoms with van der Waals surface area (Å²) in [5.74, 6) is 0. The lowest BCUT2D eigenvalue weighted by molar-refractivity contribution is 0.769. The van der Waals surface area contributed by atoms with Crippen LogP contribution in [0.1, 0.15) is 22.3 Å². The fourth-order valence-electron chi connectivity index (χ4n) is 6.13. The molecule has 1 N–H and O–H groups in total. The van der Waals surface area contributed by atoms with Crippen LogP contribution < -0.4 is 5.32 Å². The van der Waals surface area contributed by atoms with Crippen molar-refractivity contribution < 1.29 is 0 Å². The lowest BCUT2D eigenvalue weighted by Gasteiger charge is -2.34. The molecule has 0 saturated carbocycles. The van der Waals surface area contributed by atoms with Gasteiger partial charge in [-0.1, -0.05) is 137 Å². The van der Waals surface area contributed by atoms with Crippen LogP contribution in [0.15, 0.2) is 156 Å². The fourth-order valence-corrected chi connectivity index (χ4v) is 6.61. The molecule has 0 spiro atoms. The van der Waals surface area contributed by atoms with Gasteiger partial charge < -0.3 is 5.32 Å². The van der Waals surface area contributed by atoms with Crippen LogP contribution in [0.2, 0.25) is 0 Å². The molecule has 0 fully saturated rings. The third-order valence-electron chi connectivity index (χ3n) is 7.80. The minimum atomic E-state index is -0.402. The second kappa shape index (κ2) is 9.72. The van der Waals surface area contributed by atoms with E-state index in [0.29, 0.717) is 0 Å². The molecule has 0 atom stereocenters. The van der Waals surface area contributed by atoms with Gasteiger partial charge in [-0.2, -0.15) is 0 Å². The summed E-state index contributed by atoms with van der Waals surface area (Å²) in [7, 11) is 0. The van der Waals surface area contributed by atoms with Crippen LogP contribution >= 0.6 is 15.9 Å². The van der Waals surface area contributed by atoms with Crippen LogP contribution in [0, 0.1) is 0 Å². The molecule has 6 aromatic carbocycles. The molecule has 1 nitrogen and oxygen atoms in total. The molecule has 0 heterocycles. The zero-order valence-electron chi connectivity index (χ0n) is 21.3. The van der Waals surface area contributed by atoms with E-state index in [1.165, 1.54) is 38.9 Å². The zero-order chi connectivity index (χ0) is 26.2. The monoisotopic (exact) mass is 563 g/mol. The highest BCUT2D eigenvalue weighted by Crippen LogP contribution is 2.56. The van der Waals surface area contributed by atoms with Crippen molar-refractivity contribution in [2.45, 2.75) is 5.41 Å². The lowest BCUT2D eigenvalue weighted by Crippen LogP contribution is -2.28. The number of anilines is 2. The smallest absolute Gasteiger partial charge is 0.0714 e. The Morgan fingerprint density at radius 3 is 1.67 bits per heavy atom. The molecule has 0 bridgehead atoms. The molecule has 2 heteroatoms. The van der Waals surface area contributed by atoms with E-state index in [1.807, 2.05) is 6.07 Å². The second-order valence-corrected chi connectivity index (χ2v) is 10.8. The molecule has 0 amide bonds. The van der Waals surface area contributed by atoms with Gasteiger partial charge >= 0.3 is 0 Å². The average Bonchev–Trinajstić information content (AvgIpc) is 3.30. The maximum atomic E-state index is 3.75. The van der Waals surface area contributed by atoms with Gasteiger partial charge in [-0.25, -0.2) is 0 Å². The number of fused-ring (bicyclic) bond motifs is 3. The Kier molecular flexibility index (Phi) is 5.91. The number of rotatable bonds is 5. The molecule has 6 aromatic rings. The van der Waals surface area contributed by atoms with E-state index in [9.17, 15) is 0 Å². The third kappa shape index (κ3) is 3.91. The highest BCUT2D eigenvalue weighted by Gasteiger charge is 2.45. The van der Waals surface area contributed by atoms with E-state index < -0.39 is 5.41 Å². The maximum absolute atomic E-state index is 3.75. The molecule has 1 aliphatic carbocycles. The Hall–Kier alpha value is -4.40. The van der Waals surface area contributed by atoms with Crippen molar-refractivity contribution in [2.75, 3.05) is 5.32 Å². The zero-order valence-corrected chi connectivity index (χ0v) is 22.9. The van der Waals surface area contributed by atoms with Gasteiger partial charge in [-0.05, 0) is 74.8 Å². The molecular weight excluding hydrogens is 538 g/mol. The van der Waals surface area contributed by atoms with Crippen molar-refractivity contribution in [1.82, 2.24) is 0 Å². The summed E-state index contributed by atoms with van der Waals surface area (Å²) in [5, 5.41) is 3.72. The molecule has 186 valence electrons. The number of nitrogens with one attached hydrogen (secondary N) is 1. The Bertz CT molecular complexity index is 1740. The minimum Gasteiger partial charge on any atom is -0.355 e. The Morgan fingerprint density at radius 1 is 0.436 bits per heavy atom. The van der Waals surface area contributed by atoms with Gasteiger partial charge in [0.2, 0.25) is 0 Å². The second-order valence-electron chi connectivity index (χ2n) is 9.97. The summed E-state index contributed by atoms with van der Waals surface area (Å²) in [6, 6.07) is 54.5. The van der Waals surface area contributed by atoms with Gasteiger partial charge in [0.1, 0.15) is 0 Å². The Labute approximate surface area is 237 Å². The first-order valence-corrected chi connectivity index (χ1v) is 14.0. The van der Waals surface area contributed by atoms with Crippen molar-refractivity contribution in [3.63, 3.8) is 0 Å². The lowest BCUT2D eigenvalue weighted by atomic mass is 9.67. The molecule has 1 aliphatic rings. The van der Waals surface area contributed by atoms with Crippen LogP contribution in [-0.4, -0.2) is 0 Å². The van der Waals surface area contributed by atoms with E-state index in [2.05, 4.69) is 167 Å². The molecule has 0 aromatic heterocycles. The predicted molar refractivity (Wildman–Crippen MR) is 167 cm³/mol. The van der Waals surface area contributed by atoms with Crippen molar-refractivity contribution in [3.8, 4) is 22.3 Å². The molecule has 0 saturated heterocycles. The van der Waals surface area contributed by atoms with Gasteiger partial charge in [0.25, 0.3) is 0 Å². The summed E-state index contributed by atoms with van der Waals surface area (Å²) in [6.45, 7) is 0. The standard InChI is InChI=1S/C37H26BrN/c38-36-23-21-29(24-33(36)26-12-4-1-5-13-26)39-30-20-22-32-31-18-10-11-19-34(31)37(35(32)25-30,27-14-6-2-7-15-27)28-16-8-3-9-17-28/h1-25,39H. The highest BCUT2D eigenvalue weighted by atomic mass is 79.9. The summed E-state index contributed by atoms with van der Waals surface area (Å²) >= 11 is 3.75. The van der Waals surface area contributed by atoms with Crippen LogP contribution in [0.5, 0.6) is 0 Å². The fraction of sp³-hybridized carbons (Fsp3) is 0.0270. The summed E-state index contributed by atoms with van der Waals surface area (Å²) < 4.78 is 1.08. The summed E-state index contributed by atoms with van der Waals surface area (Å²) in [5.41, 5.74) is 11.8. The van der Waals surface area contributed by atoms with Crippen LogP contribution in [0.3, 0.4) is 0 Å². The van der Waals surface area contributed by atoms with Gasteiger partial charge in [0, 0.05) is 15.8 Å². The maximum Gasteiger partial charge on any atom is 0.0714 e. The van der Waals surface area contributed by atoms with E-state index in [1.54, 1.807) is 0 Å². The first kappa shape index (κ1) is 23.7. The molecule has 0 radical (unpaired) electrons. The van der Waals surface area contributed by atoms with Crippen molar-refractivity contribution in [2.24, 2.45) is 0 Å². The van der Waals surface area contributed by atoms with E-state index in [-0.39, 0.29) is 0 Å². The highest BCUT2D eigenvalue weighted by molar-refractivity contribution is 9.10. The van der Waals surface area contributed by atoms with Crippen LogP contribution in [0.25, 0.3) is 22.3 Å². The van der Waals surface area contributed by atoms with Gasteiger partial charge in [0.15, 0.2) is 0 Å². The van der Waals surface area contributed by atoms with Crippen LogP contribution in [-0.2, 0) is 5.41 Å². The van der Waals surface area contributed by atoms with Gasteiger partial charge in [-0.15, -0.1) is 0 Å². The molecule has 0 aliphatic heterocycles. The topological polar surface area (TPSA) is 12.0 Å².